The second-order valence-electron chi connectivity index (χ2n) is 13.0. The minimum absolute atomic E-state index is 0.125. The zero-order valence-electron chi connectivity index (χ0n) is 26.9. The molecule has 0 spiro atoms. The van der Waals surface area contributed by atoms with Crippen LogP contribution in [0.25, 0.3) is 28.0 Å². The molecule has 41 heavy (non-hydrogen) atoms. The summed E-state index contributed by atoms with van der Waals surface area (Å²) in [4.78, 5) is 9.79. The first kappa shape index (κ1) is 29.9. The van der Waals surface area contributed by atoms with Crippen LogP contribution >= 0.6 is 0 Å². The molecule has 4 aromatic rings. The van der Waals surface area contributed by atoms with Gasteiger partial charge in [0.25, 0.3) is 0 Å². The third kappa shape index (κ3) is 7.45. The number of nitrogens with zero attached hydrogens (tertiary/aromatic N) is 4. The average Bonchev–Trinajstić information content (AvgIpc) is 3.34. The average molecular weight is 593 g/mol. The highest BCUT2D eigenvalue weighted by Gasteiger charge is 2.37. The molecular formula is C32H45N5O2SSi. The SMILES string of the molecule is [2H][C@@](CCC)(N[S@+]([O-])C(C)(C)C)c1cccc(-c2ccc3cnn(-c4cccc(CO[Si](C)(C)C(C)(C)C)n4)c3c2)n1. The molecule has 0 bridgehead atoms. The van der Waals surface area contributed by atoms with Crippen molar-refractivity contribution >= 4 is 30.6 Å². The van der Waals surface area contributed by atoms with Gasteiger partial charge in [-0.05, 0) is 75.7 Å². The van der Waals surface area contributed by atoms with Gasteiger partial charge in [-0.1, -0.05) is 58.4 Å². The molecule has 220 valence electrons. The second-order valence-corrected chi connectivity index (χ2v) is 19.8. The fourth-order valence-corrected chi connectivity index (χ4v) is 5.68. The zero-order chi connectivity index (χ0) is 30.9. The van der Waals surface area contributed by atoms with Crippen molar-refractivity contribution in [2.75, 3.05) is 0 Å². The fourth-order valence-electron chi connectivity index (χ4n) is 4.01. The van der Waals surface area contributed by atoms with Gasteiger partial charge in [0.2, 0.25) is 0 Å². The van der Waals surface area contributed by atoms with Crippen LogP contribution in [-0.4, -0.2) is 37.4 Å². The van der Waals surface area contributed by atoms with E-state index >= 15 is 0 Å². The standard InChI is InChI=1S/C32H45N5O2SSi/c1-10-13-28(36-40(38)31(2,3)4)27-16-12-15-26(35-27)23-18-19-24-21-33-37(29(24)20-23)30-17-11-14-25(34-30)22-39-41(8,9)32(5,6)7/h11-12,14-21,28,36H,10,13,22H2,1-9H3/t28-,40+/m0/s1/i28D. The number of benzene rings is 1. The lowest BCUT2D eigenvalue weighted by atomic mass is 10.1. The monoisotopic (exact) mass is 592 g/mol. The van der Waals surface area contributed by atoms with E-state index in [1.807, 2.05) is 87.1 Å². The van der Waals surface area contributed by atoms with Crippen molar-refractivity contribution < 1.29 is 10.3 Å². The van der Waals surface area contributed by atoms with Gasteiger partial charge in [-0.15, -0.1) is 4.72 Å². The van der Waals surface area contributed by atoms with Crippen LogP contribution in [0.15, 0.2) is 60.8 Å². The van der Waals surface area contributed by atoms with Gasteiger partial charge < -0.3 is 8.98 Å². The summed E-state index contributed by atoms with van der Waals surface area (Å²) in [6.07, 6.45) is 3.07. The van der Waals surface area contributed by atoms with Gasteiger partial charge in [0, 0.05) is 22.3 Å². The Balaban J connectivity index is 1.66. The molecule has 9 heteroatoms. The molecule has 1 N–H and O–H groups in total. The minimum atomic E-state index is -1.91. The van der Waals surface area contributed by atoms with E-state index in [0.717, 1.165) is 40.1 Å². The van der Waals surface area contributed by atoms with E-state index in [9.17, 15) is 5.92 Å². The lowest BCUT2D eigenvalue weighted by molar-refractivity contribution is 0.272. The first-order valence-corrected chi connectivity index (χ1v) is 18.4. The number of hydrogen-bond acceptors (Lipinski definition) is 6. The Kier molecular flexibility index (Phi) is 9.01. The molecule has 2 atom stereocenters. The Morgan fingerprint density at radius 2 is 1.78 bits per heavy atom. The fraction of sp³-hybridized carbons (Fsp3) is 0.469. The van der Waals surface area contributed by atoms with Crippen LogP contribution in [0.4, 0.5) is 0 Å². The lowest BCUT2D eigenvalue weighted by Crippen LogP contribution is -2.41. The number of aromatic nitrogens is 4. The normalized spacial score (nSPS) is 15.5. The van der Waals surface area contributed by atoms with Crippen LogP contribution in [0.3, 0.4) is 0 Å². The maximum Gasteiger partial charge on any atom is 0.192 e. The summed E-state index contributed by atoms with van der Waals surface area (Å²) in [7, 11) is -1.91. The van der Waals surface area contributed by atoms with Gasteiger partial charge in [0.1, 0.15) is 4.75 Å². The van der Waals surface area contributed by atoms with E-state index in [-0.39, 0.29) is 5.04 Å². The van der Waals surface area contributed by atoms with Gasteiger partial charge in [0.05, 0.1) is 42.8 Å². The number of hydrogen-bond donors (Lipinski definition) is 1. The highest BCUT2D eigenvalue weighted by Crippen LogP contribution is 2.37. The van der Waals surface area contributed by atoms with Crippen molar-refractivity contribution in [1.82, 2.24) is 24.5 Å². The summed E-state index contributed by atoms with van der Waals surface area (Å²) >= 11 is -1.41. The van der Waals surface area contributed by atoms with Gasteiger partial charge in [-0.25, -0.2) is 9.67 Å². The molecular weight excluding hydrogens is 547 g/mol. The highest BCUT2D eigenvalue weighted by atomic mass is 32.2. The van der Waals surface area contributed by atoms with E-state index in [1.165, 1.54) is 0 Å². The summed E-state index contributed by atoms with van der Waals surface area (Å²) < 4.78 is 33.0. The molecule has 0 saturated heterocycles. The molecule has 0 fully saturated rings. The molecule has 0 aliphatic heterocycles. The maximum atomic E-state index is 13.0. The van der Waals surface area contributed by atoms with E-state index < -0.39 is 30.4 Å². The topological polar surface area (TPSA) is 87.9 Å². The van der Waals surface area contributed by atoms with E-state index in [1.54, 1.807) is 0 Å². The van der Waals surface area contributed by atoms with Crippen molar-refractivity contribution in [2.24, 2.45) is 0 Å². The number of rotatable bonds is 10. The van der Waals surface area contributed by atoms with Gasteiger partial charge >= 0.3 is 0 Å². The summed E-state index contributed by atoms with van der Waals surface area (Å²) in [6, 6.07) is 16.5. The highest BCUT2D eigenvalue weighted by molar-refractivity contribution is 7.90. The molecule has 0 aliphatic carbocycles. The van der Waals surface area contributed by atoms with Crippen LogP contribution in [-0.2, 0) is 22.4 Å². The van der Waals surface area contributed by atoms with E-state index in [2.05, 4.69) is 49.8 Å². The summed E-state index contributed by atoms with van der Waals surface area (Å²) in [5.41, 5.74) is 3.97. The van der Waals surface area contributed by atoms with Gasteiger partial charge in [-0.3, -0.25) is 4.98 Å². The minimum Gasteiger partial charge on any atom is -0.598 e. The van der Waals surface area contributed by atoms with Gasteiger partial charge in [-0.2, -0.15) is 5.10 Å². The van der Waals surface area contributed by atoms with Crippen molar-refractivity contribution in [1.29, 1.82) is 0 Å². The molecule has 0 unspecified atom stereocenters. The Bertz CT molecular complexity index is 1530. The Morgan fingerprint density at radius 3 is 2.46 bits per heavy atom. The Morgan fingerprint density at radius 1 is 1.05 bits per heavy atom. The molecule has 1 aromatic carbocycles. The van der Waals surface area contributed by atoms with Crippen molar-refractivity contribution in [3.8, 4) is 17.1 Å². The Hall–Kier alpha value is -2.56. The van der Waals surface area contributed by atoms with Crippen molar-refractivity contribution in [2.45, 2.75) is 96.8 Å². The van der Waals surface area contributed by atoms with Crippen molar-refractivity contribution in [3.05, 3.63) is 72.2 Å². The Labute approximate surface area is 251 Å². The zero-order valence-corrected chi connectivity index (χ0v) is 27.7. The number of pyridine rings is 2. The second kappa shape index (κ2) is 12.4. The summed E-state index contributed by atoms with van der Waals surface area (Å²) in [5.74, 6) is 0.724. The molecule has 3 heterocycles. The lowest BCUT2D eigenvalue weighted by Gasteiger charge is -2.36. The first-order valence-electron chi connectivity index (χ1n) is 14.8. The molecule has 7 nitrogen and oxygen atoms in total. The van der Waals surface area contributed by atoms with Crippen LogP contribution in [0.5, 0.6) is 0 Å². The third-order valence-corrected chi connectivity index (χ3v) is 13.6. The van der Waals surface area contributed by atoms with Crippen LogP contribution < -0.4 is 4.72 Å². The summed E-state index contributed by atoms with van der Waals surface area (Å²) in [5, 5.41) is 5.77. The largest absolute Gasteiger partial charge is 0.598 e. The van der Waals surface area contributed by atoms with Crippen LogP contribution in [0.2, 0.25) is 18.1 Å². The molecule has 0 saturated carbocycles. The third-order valence-electron chi connectivity index (χ3n) is 7.59. The first-order chi connectivity index (χ1) is 19.5. The van der Waals surface area contributed by atoms with Crippen LogP contribution in [0.1, 0.15) is 80.1 Å². The number of nitrogens with one attached hydrogen (secondary N) is 1. The molecule has 4 rings (SSSR count). The summed E-state index contributed by atoms with van der Waals surface area (Å²) in [6.45, 7) is 19.4. The van der Waals surface area contributed by atoms with Crippen LogP contribution in [0, 0.1) is 0 Å². The van der Waals surface area contributed by atoms with E-state index in [4.69, 9.17) is 14.4 Å². The smallest absolute Gasteiger partial charge is 0.192 e. The van der Waals surface area contributed by atoms with Crippen molar-refractivity contribution in [3.63, 3.8) is 0 Å². The van der Waals surface area contributed by atoms with E-state index in [0.29, 0.717) is 18.7 Å². The predicted molar refractivity (Wildman–Crippen MR) is 173 cm³/mol. The van der Waals surface area contributed by atoms with Gasteiger partial charge in [0.15, 0.2) is 14.1 Å². The quantitative estimate of drug-likeness (QED) is 0.149. The molecule has 0 aliphatic rings. The molecule has 3 aromatic heterocycles. The number of fused-ring (bicyclic) bond motifs is 1. The molecule has 0 radical (unpaired) electrons. The maximum absolute atomic E-state index is 13.0. The molecule has 0 amide bonds. The predicted octanol–water partition coefficient (Wildman–Crippen LogP) is 7.90.